The van der Waals surface area contributed by atoms with E-state index in [0.717, 1.165) is 5.56 Å². The maximum absolute atomic E-state index is 12.9. The molecular weight excluding hydrogens is 508 g/mol. The number of amides is 1. The molecule has 0 saturated heterocycles. The highest BCUT2D eigenvalue weighted by Crippen LogP contribution is 2.14. The molecule has 0 fully saturated rings. The van der Waals surface area contributed by atoms with Gasteiger partial charge in [0.25, 0.3) is 5.56 Å². The average molecular weight is 543 g/mol. The highest BCUT2D eigenvalue weighted by atomic mass is 16.6. The van der Waals surface area contributed by atoms with E-state index in [0.29, 0.717) is 25.0 Å². The van der Waals surface area contributed by atoms with Crippen LogP contribution in [0.1, 0.15) is 39.2 Å². The number of carbonyl (C=O) groups excluding carboxylic acids is 3. The number of imidazole rings is 1. The topological polar surface area (TPSA) is 181 Å². The third-order valence-corrected chi connectivity index (χ3v) is 5.75. The van der Waals surface area contributed by atoms with Gasteiger partial charge in [-0.15, -0.1) is 0 Å². The third kappa shape index (κ3) is 9.13. The second-order valence-corrected chi connectivity index (χ2v) is 9.54. The number of anilines is 1. The third-order valence-electron chi connectivity index (χ3n) is 5.75. The van der Waals surface area contributed by atoms with Crippen LogP contribution in [0.15, 0.2) is 41.5 Å². The second-order valence-electron chi connectivity index (χ2n) is 9.54. The molecule has 0 saturated carbocycles. The van der Waals surface area contributed by atoms with Gasteiger partial charge in [-0.05, 0) is 24.3 Å². The van der Waals surface area contributed by atoms with Gasteiger partial charge in [0.05, 0.1) is 19.5 Å². The minimum atomic E-state index is -0.917. The van der Waals surface area contributed by atoms with Gasteiger partial charge in [-0.1, -0.05) is 44.2 Å². The van der Waals surface area contributed by atoms with Crippen LogP contribution in [0, 0.1) is 11.8 Å². The quantitative estimate of drug-likeness (QED) is 0.214. The molecule has 3 rings (SSSR count). The summed E-state index contributed by atoms with van der Waals surface area (Å²) < 4.78 is 17.6. The van der Waals surface area contributed by atoms with Gasteiger partial charge in [-0.25, -0.2) is 14.6 Å². The number of H-pyrrole nitrogens is 1. The lowest BCUT2D eigenvalue weighted by atomic mass is 10.0. The molecule has 39 heavy (non-hydrogen) atoms. The van der Waals surface area contributed by atoms with Gasteiger partial charge < -0.3 is 29.8 Å². The first-order valence-electron chi connectivity index (χ1n) is 12.6. The number of ether oxygens (including phenoxy) is 3. The molecule has 13 nitrogen and oxygen atoms in total. The van der Waals surface area contributed by atoms with Crippen molar-refractivity contribution in [3.8, 4) is 0 Å². The first-order chi connectivity index (χ1) is 18.6. The Labute approximate surface area is 225 Å². The van der Waals surface area contributed by atoms with E-state index < -0.39 is 29.6 Å². The Kier molecular flexibility index (Phi) is 10.4. The molecule has 13 heteroatoms. The number of aromatic nitrogens is 4. The number of nitrogens with two attached hydrogens (primary N) is 1. The monoisotopic (exact) mass is 542 g/mol. The molecule has 3 aromatic rings. The molecule has 210 valence electrons. The van der Waals surface area contributed by atoms with Crippen molar-refractivity contribution in [3.05, 3.63) is 52.6 Å². The molecule has 0 aliphatic heterocycles. The van der Waals surface area contributed by atoms with Gasteiger partial charge in [0.2, 0.25) is 5.95 Å². The van der Waals surface area contributed by atoms with E-state index in [1.807, 2.05) is 44.2 Å². The molecule has 2 heterocycles. The summed E-state index contributed by atoms with van der Waals surface area (Å²) in [6, 6.07) is 8.27. The van der Waals surface area contributed by atoms with E-state index in [-0.39, 0.29) is 43.1 Å². The van der Waals surface area contributed by atoms with Crippen LogP contribution < -0.4 is 16.6 Å². The predicted octanol–water partition coefficient (Wildman–Crippen LogP) is 2.16. The highest BCUT2D eigenvalue weighted by molar-refractivity contribution is 5.81. The van der Waals surface area contributed by atoms with E-state index in [1.165, 1.54) is 13.3 Å². The first kappa shape index (κ1) is 29.1. The van der Waals surface area contributed by atoms with Crippen molar-refractivity contribution in [3.63, 3.8) is 0 Å². The van der Waals surface area contributed by atoms with Crippen LogP contribution >= 0.6 is 0 Å². The molecule has 2 atom stereocenters. The summed E-state index contributed by atoms with van der Waals surface area (Å²) in [5, 5.41) is 2.59. The lowest BCUT2D eigenvalue weighted by molar-refractivity contribution is -0.150. The van der Waals surface area contributed by atoms with Crippen molar-refractivity contribution in [2.45, 2.75) is 52.8 Å². The van der Waals surface area contributed by atoms with Crippen LogP contribution in [-0.2, 0) is 37.0 Å². The van der Waals surface area contributed by atoms with Crippen molar-refractivity contribution in [1.82, 2.24) is 24.8 Å². The summed E-state index contributed by atoms with van der Waals surface area (Å²) in [7, 11) is 0. The molecule has 1 unspecified atom stereocenters. The number of carbonyl (C=O) groups is 3. The number of benzene rings is 1. The van der Waals surface area contributed by atoms with Gasteiger partial charge in [-0.2, -0.15) is 4.98 Å². The van der Waals surface area contributed by atoms with Crippen molar-refractivity contribution in [1.29, 1.82) is 0 Å². The largest absolute Gasteiger partial charge is 0.465 e. The molecule has 0 spiro atoms. The summed E-state index contributed by atoms with van der Waals surface area (Å²) in [4.78, 5) is 59.4. The number of fused-ring (bicyclic) bond motifs is 1. The SMILES string of the molecule is CC(=O)OCC(CCn1cnc2c(=O)[nH]c(N)nc21)COC(=O)[C@H](CC(C)C)NC(=O)OCc1ccccc1. The number of aryl methyl sites for hydroxylation is 1. The van der Waals surface area contributed by atoms with E-state index in [1.54, 1.807) is 4.57 Å². The van der Waals surface area contributed by atoms with Crippen LogP contribution in [0.3, 0.4) is 0 Å². The van der Waals surface area contributed by atoms with E-state index >= 15 is 0 Å². The van der Waals surface area contributed by atoms with Gasteiger partial charge >= 0.3 is 18.0 Å². The van der Waals surface area contributed by atoms with Crippen LogP contribution in [0.5, 0.6) is 0 Å². The van der Waals surface area contributed by atoms with Crippen molar-refractivity contribution in [2.75, 3.05) is 18.9 Å². The molecule has 2 aromatic heterocycles. The number of hydrogen-bond acceptors (Lipinski definition) is 10. The summed E-state index contributed by atoms with van der Waals surface area (Å²) >= 11 is 0. The Morgan fingerprint density at radius 3 is 2.51 bits per heavy atom. The minimum absolute atomic E-state index is 0.00673. The molecule has 0 radical (unpaired) electrons. The number of rotatable bonds is 13. The van der Waals surface area contributed by atoms with E-state index in [4.69, 9.17) is 19.9 Å². The number of nitrogen functional groups attached to an aromatic ring is 1. The zero-order chi connectivity index (χ0) is 28.4. The Bertz CT molecular complexity index is 1320. The lowest BCUT2D eigenvalue weighted by Crippen LogP contribution is -2.43. The van der Waals surface area contributed by atoms with Gasteiger partial charge in [0, 0.05) is 19.4 Å². The van der Waals surface area contributed by atoms with Crippen LogP contribution in [-0.4, -0.2) is 56.8 Å². The summed E-state index contributed by atoms with van der Waals surface area (Å²) in [6.07, 6.45) is 1.48. The Balaban J connectivity index is 1.60. The lowest BCUT2D eigenvalue weighted by Gasteiger charge is -2.22. The molecule has 0 aliphatic rings. The zero-order valence-corrected chi connectivity index (χ0v) is 22.2. The number of nitrogens with one attached hydrogen (secondary N) is 2. The molecule has 4 N–H and O–H groups in total. The van der Waals surface area contributed by atoms with Crippen molar-refractivity contribution in [2.24, 2.45) is 11.8 Å². The van der Waals surface area contributed by atoms with Crippen LogP contribution in [0.25, 0.3) is 11.2 Å². The highest BCUT2D eigenvalue weighted by Gasteiger charge is 2.26. The number of aromatic amines is 1. The number of esters is 2. The van der Waals surface area contributed by atoms with Gasteiger partial charge in [0.1, 0.15) is 12.6 Å². The van der Waals surface area contributed by atoms with Crippen molar-refractivity contribution < 1.29 is 28.6 Å². The summed E-state index contributed by atoms with van der Waals surface area (Å²) in [6.45, 7) is 5.47. The maximum atomic E-state index is 12.9. The fourth-order valence-electron chi connectivity index (χ4n) is 3.80. The van der Waals surface area contributed by atoms with Crippen molar-refractivity contribution >= 4 is 35.1 Å². The summed E-state index contributed by atoms with van der Waals surface area (Å²) in [5.74, 6) is -1.42. The molecule has 1 amide bonds. The number of alkyl carbamates (subject to hydrolysis) is 1. The van der Waals surface area contributed by atoms with Crippen LogP contribution in [0.2, 0.25) is 0 Å². The van der Waals surface area contributed by atoms with E-state index in [9.17, 15) is 19.2 Å². The smallest absolute Gasteiger partial charge is 0.408 e. The predicted molar refractivity (Wildman–Crippen MR) is 141 cm³/mol. The van der Waals surface area contributed by atoms with E-state index in [2.05, 4.69) is 20.3 Å². The number of hydrogen-bond donors (Lipinski definition) is 3. The average Bonchev–Trinajstić information content (AvgIpc) is 3.29. The first-order valence-corrected chi connectivity index (χ1v) is 12.6. The molecular formula is C26H34N6O7. The normalized spacial score (nSPS) is 12.6. The summed E-state index contributed by atoms with van der Waals surface area (Å²) in [5.41, 5.74) is 6.48. The standard InChI is InChI=1S/C26H34N6O7/c1-16(2)11-20(29-26(36)39-12-18-7-5-4-6-8-18)24(35)38-14-19(13-37-17(3)33)9-10-32-15-28-21-22(32)30-25(27)31-23(21)34/h4-8,15-16,19-20H,9-14H2,1-3H3,(H,29,36)(H3,27,30,31,34)/t19?,20-/m0/s1. The Morgan fingerprint density at radius 2 is 1.82 bits per heavy atom. The van der Waals surface area contributed by atoms with Gasteiger partial charge in [-0.3, -0.25) is 14.6 Å². The Hall–Kier alpha value is -4.42. The second kappa shape index (κ2) is 13.9. The fourth-order valence-corrected chi connectivity index (χ4v) is 3.80. The Morgan fingerprint density at radius 1 is 1.10 bits per heavy atom. The fraction of sp³-hybridized carbons (Fsp3) is 0.462. The molecule has 1 aromatic carbocycles. The molecule has 0 bridgehead atoms. The molecule has 0 aliphatic carbocycles. The number of nitrogens with zero attached hydrogens (tertiary/aromatic N) is 3. The zero-order valence-electron chi connectivity index (χ0n) is 22.2. The van der Waals surface area contributed by atoms with Gasteiger partial charge in [0.15, 0.2) is 11.2 Å². The minimum Gasteiger partial charge on any atom is -0.465 e. The van der Waals surface area contributed by atoms with Crippen LogP contribution in [0.4, 0.5) is 10.7 Å². The maximum Gasteiger partial charge on any atom is 0.408 e.